The Labute approximate surface area is 470 Å². The molecule has 0 fully saturated rings. The molecule has 0 bridgehead atoms. The van der Waals surface area contributed by atoms with Crippen LogP contribution in [0.1, 0.15) is 83.7 Å². The molecule has 3 aromatic carbocycles. The number of nitro benzene ring substituents is 1. The highest BCUT2D eigenvalue weighted by Gasteiger charge is 2.26. The first kappa shape index (κ1) is 64.7. The van der Waals surface area contributed by atoms with Crippen molar-refractivity contribution < 1.29 is 66.8 Å². The van der Waals surface area contributed by atoms with Gasteiger partial charge in [0.2, 0.25) is 51.6 Å². The van der Waals surface area contributed by atoms with Crippen LogP contribution in [0.4, 0.5) is 17.1 Å². The summed E-state index contributed by atoms with van der Waals surface area (Å²) >= 11 is 0.853. The number of nitro groups is 1. The Morgan fingerprint density at radius 2 is 1.32 bits per heavy atom. The number of benzene rings is 3. The normalized spacial score (nSPS) is 11.7. The van der Waals surface area contributed by atoms with Crippen molar-refractivity contribution in [2.45, 2.75) is 90.8 Å². The molecule has 6 N–H and O–H groups in total. The lowest BCUT2D eigenvalue weighted by atomic mass is 10.0. The largest absolute Gasteiger partial charge is 0.493 e. The average molecular weight is 1130 g/mol. The van der Waals surface area contributed by atoms with E-state index in [4.69, 9.17) is 18.9 Å². The van der Waals surface area contributed by atoms with Gasteiger partial charge < -0.3 is 60.6 Å². The number of rotatable bonds is 35. The molecule has 4 rings (SSSR count). The maximum atomic E-state index is 13.5. The monoisotopic (exact) mass is 1130 g/mol. The number of carbonyl (C=O) groups is 8. The molecule has 0 saturated carbocycles. The van der Waals surface area contributed by atoms with E-state index in [0.29, 0.717) is 39.0 Å². The first-order valence-corrected chi connectivity index (χ1v) is 27.5. The van der Waals surface area contributed by atoms with Crippen molar-refractivity contribution in [3.63, 3.8) is 0 Å². The first-order valence-electron chi connectivity index (χ1n) is 26.5. The molecule has 436 valence electrons. The number of ether oxygens (including phenoxy) is 4. The molecule has 1 heterocycles. The van der Waals surface area contributed by atoms with Gasteiger partial charge in [0.25, 0.3) is 5.69 Å². The molecule has 0 aliphatic rings. The van der Waals surface area contributed by atoms with E-state index in [0.717, 1.165) is 44.9 Å². The van der Waals surface area contributed by atoms with Crippen molar-refractivity contribution in [3.05, 3.63) is 70.3 Å². The van der Waals surface area contributed by atoms with E-state index in [1.165, 1.54) is 19.2 Å². The lowest BCUT2D eigenvalue weighted by Crippen LogP contribution is -2.51. The Kier molecular flexibility index (Phi) is 27.2. The summed E-state index contributed by atoms with van der Waals surface area (Å²) in [5.41, 5.74) is 4.06. The summed E-state index contributed by atoms with van der Waals surface area (Å²) in [5, 5.41) is 29.4. The Balaban J connectivity index is 1.30. The summed E-state index contributed by atoms with van der Waals surface area (Å²) in [6.45, 7) is 4.74. The van der Waals surface area contributed by atoms with E-state index < -0.39 is 70.7 Å². The lowest BCUT2D eigenvalue weighted by Gasteiger charge is -2.19. The molecular formula is C55H77N10O14S+. The SMILES string of the molecule is CCOCC(=O)NC(C)c1cc(OC)c(OCCCC(=O)NCC(=O)N[C@@H](CCCCNC(=O)CCC[n+]2c3cc(N(C)C)ccc3cc3ccc(N(C)C)cc32)C(=O)NCC(=O)NCC(=O)SCCC(=O)OCC)cc1[N+](=O)[O-]. The molecule has 0 aliphatic carbocycles. The molecule has 0 aliphatic heterocycles. The molecule has 0 radical (unpaired) electrons. The summed E-state index contributed by atoms with van der Waals surface area (Å²) in [5.74, 6) is -3.29. The molecule has 24 nitrogen and oxygen atoms in total. The van der Waals surface area contributed by atoms with E-state index in [-0.39, 0.29) is 92.9 Å². The maximum Gasteiger partial charge on any atom is 0.306 e. The van der Waals surface area contributed by atoms with Crippen molar-refractivity contribution in [1.82, 2.24) is 31.9 Å². The van der Waals surface area contributed by atoms with Gasteiger partial charge in [-0.2, -0.15) is 4.57 Å². The fraction of sp³-hybridized carbons (Fsp3) is 0.509. The molecule has 0 spiro atoms. The van der Waals surface area contributed by atoms with E-state index in [1.54, 1.807) is 20.8 Å². The number of aryl methyl sites for hydroxylation is 1. The van der Waals surface area contributed by atoms with Gasteiger partial charge >= 0.3 is 5.97 Å². The van der Waals surface area contributed by atoms with E-state index in [2.05, 4.69) is 88.7 Å². The van der Waals surface area contributed by atoms with Gasteiger partial charge in [-0.05, 0) is 82.9 Å². The van der Waals surface area contributed by atoms with Crippen LogP contribution < -0.4 is 55.7 Å². The molecule has 0 saturated heterocycles. The van der Waals surface area contributed by atoms with Gasteiger partial charge in [-0.3, -0.25) is 48.5 Å². The topological polar surface area (TPSA) is 299 Å². The third-order valence-corrected chi connectivity index (χ3v) is 13.3. The minimum atomic E-state index is -1.15. The predicted molar refractivity (Wildman–Crippen MR) is 304 cm³/mol. The van der Waals surface area contributed by atoms with Crippen LogP contribution in [-0.2, 0) is 54.4 Å². The Hall–Kier alpha value is -7.80. The van der Waals surface area contributed by atoms with Gasteiger partial charge in [-0.15, -0.1) is 0 Å². The van der Waals surface area contributed by atoms with Crippen LogP contribution in [0.25, 0.3) is 21.8 Å². The van der Waals surface area contributed by atoms with Crippen molar-refractivity contribution in [2.24, 2.45) is 0 Å². The van der Waals surface area contributed by atoms with Crippen LogP contribution >= 0.6 is 11.8 Å². The predicted octanol–water partition coefficient (Wildman–Crippen LogP) is 3.52. The van der Waals surface area contributed by atoms with Crippen molar-refractivity contribution in [2.75, 3.05) is 103 Å². The number of hydrogen-bond acceptors (Lipinski definition) is 17. The van der Waals surface area contributed by atoms with Crippen LogP contribution in [0.3, 0.4) is 0 Å². The number of amides is 6. The third kappa shape index (κ3) is 21.4. The van der Waals surface area contributed by atoms with Gasteiger partial charge in [0, 0.05) is 101 Å². The number of anilines is 2. The first-order chi connectivity index (χ1) is 38.2. The van der Waals surface area contributed by atoms with Gasteiger partial charge in [0.15, 0.2) is 11.5 Å². The molecule has 80 heavy (non-hydrogen) atoms. The summed E-state index contributed by atoms with van der Waals surface area (Å²) in [6, 6.07) is 15.5. The number of thioether (sulfide) groups is 1. The van der Waals surface area contributed by atoms with E-state index in [9.17, 15) is 48.5 Å². The summed E-state index contributed by atoms with van der Waals surface area (Å²) in [7, 11) is 9.32. The third-order valence-electron chi connectivity index (χ3n) is 12.4. The molecule has 1 unspecified atom stereocenters. The summed E-state index contributed by atoms with van der Waals surface area (Å²) in [4.78, 5) is 117. The highest BCUT2D eigenvalue weighted by atomic mass is 32.2. The number of esters is 1. The standard InChI is InChI=1S/C55H76N10O14S/c1-9-77-35-52(70)60-36(3)41-30-46(76-8)47(31-45(41)65(74)75)79-25-14-17-49(67)57-33-51(69)61-42(55(73)59-32-50(68)58-34-54(72)80-26-22-53(71)78-10-2)15-11-12-23-56-48(66)16-13-24-64-43-28-39(62(4)5)20-18-37(43)27-38-19-21-40(63(6)7)29-44(38)64/h18-21,27-31,36,42H,9-17,22-26,32-35H2,1-8H3,(H5-,56,57,58,59,60,61,66,67,68,69,70,73)/p+1/t36?,42-/m0/s1. The molecule has 1 aromatic heterocycles. The van der Waals surface area contributed by atoms with Gasteiger partial charge in [0.1, 0.15) is 19.2 Å². The fourth-order valence-electron chi connectivity index (χ4n) is 8.21. The van der Waals surface area contributed by atoms with Crippen molar-refractivity contribution in [1.29, 1.82) is 0 Å². The number of unbranched alkanes of at least 4 members (excludes halogenated alkanes) is 1. The van der Waals surface area contributed by atoms with Gasteiger partial charge in [-0.1, -0.05) is 11.8 Å². The van der Waals surface area contributed by atoms with Crippen LogP contribution in [0.15, 0.2) is 54.6 Å². The quantitative estimate of drug-likeness (QED) is 0.00959. The van der Waals surface area contributed by atoms with E-state index in [1.807, 2.05) is 28.2 Å². The molecular weight excluding hydrogens is 1060 g/mol. The zero-order valence-electron chi connectivity index (χ0n) is 47.0. The minimum absolute atomic E-state index is 0.0236. The minimum Gasteiger partial charge on any atom is -0.493 e. The van der Waals surface area contributed by atoms with Crippen LogP contribution in [0.2, 0.25) is 0 Å². The fourth-order valence-corrected chi connectivity index (χ4v) is 8.88. The lowest BCUT2D eigenvalue weighted by molar-refractivity contribution is -0.645. The van der Waals surface area contributed by atoms with E-state index >= 15 is 0 Å². The van der Waals surface area contributed by atoms with Gasteiger partial charge in [-0.25, -0.2) is 0 Å². The Bertz CT molecular complexity index is 2750. The second-order valence-electron chi connectivity index (χ2n) is 18.9. The zero-order valence-corrected chi connectivity index (χ0v) is 47.8. The number of pyridine rings is 1. The number of nitrogens with one attached hydrogen (secondary N) is 6. The molecule has 25 heteroatoms. The highest BCUT2D eigenvalue weighted by Crippen LogP contribution is 2.38. The second-order valence-corrected chi connectivity index (χ2v) is 20.0. The number of methoxy groups -OCH3 is 1. The maximum absolute atomic E-state index is 13.5. The Morgan fingerprint density at radius 1 is 0.688 bits per heavy atom. The molecule has 4 aromatic rings. The average Bonchev–Trinajstić information content (AvgIpc) is 3.61. The highest BCUT2D eigenvalue weighted by molar-refractivity contribution is 8.13. The zero-order chi connectivity index (χ0) is 58.7. The van der Waals surface area contributed by atoms with Gasteiger partial charge in [0.05, 0.1) is 69.0 Å². The van der Waals surface area contributed by atoms with Crippen molar-refractivity contribution >= 4 is 97.2 Å². The molecule has 2 atom stereocenters. The number of carbonyl (C=O) groups excluding carboxylic acids is 8. The number of fused-ring (bicyclic) bond motifs is 2. The summed E-state index contributed by atoms with van der Waals surface area (Å²) in [6.07, 6.45) is 1.79. The summed E-state index contributed by atoms with van der Waals surface area (Å²) < 4.78 is 23.4. The Morgan fingerprint density at radius 3 is 1.95 bits per heavy atom. The van der Waals surface area contributed by atoms with Crippen molar-refractivity contribution in [3.8, 4) is 11.5 Å². The number of aromatic nitrogens is 1. The van der Waals surface area contributed by atoms with Crippen LogP contribution in [0, 0.1) is 10.1 Å². The number of nitrogens with zero attached hydrogens (tertiary/aromatic N) is 4. The second kappa shape index (κ2) is 33.6. The molecule has 6 amide bonds. The van der Waals surface area contributed by atoms with Crippen LogP contribution in [0.5, 0.6) is 11.5 Å². The number of hydrogen-bond donors (Lipinski definition) is 6. The van der Waals surface area contributed by atoms with Crippen LogP contribution in [-0.4, -0.2) is 151 Å². The smallest absolute Gasteiger partial charge is 0.306 e.